The molecule has 1 N–H and O–H groups in total. The van der Waals surface area contributed by atoms with E-state index in [0.29, 0.717) is 11.8 Å². The van der Waals surface area contributed by atoms with Gasteiger partial charge in [-0.05, 0) is 11.6 Å². The Balaban J connectivity index is 3.41. The lowest BCUT2D eigenvalue weighted by molar-refractivity contribution is -0.385. The average Bonchev–Trinajstić information content (AvgIpc) is 2.17. The van der Waals surface area contributed by atoms with Gasteiger partial charge in [-0.1, -0.05) is 0 Å². The molecule has 0 aromatic heterocycles. The van der Waals surface area contributed by atoms with Gasteiger partial charge in [0.1, 0.15) is 0 Å². The van der Waals surface area contributed by atoms with Gasteiger partial charge >= 0.3 is 5.69 Å². The van der Waals surface area contributed by atoms with Crippen LogP contribution in [0.4, 0.5) is 5.69 Å². The fourth-order valence-electron chi connectivity index (χ4n) is 1.01. The van der Waals surface area contributed by atoms with E-state index in [1.54, 1.807) is 0 Å². The zero-order valence-corrected chi connectivity index (χ0v) is 7.69. The lowest BCUT2D eigenvalue weighted by atomic mass is 10.1. The Kier molecular flexibility index (Phi) is 3.03. The Morgan fingerprint density at radius 2 is 2.21 bits per heavy atom. The fourth-order valence-corrected chi connectivity index (χ4v) is 1.16. The molecule has 5 nitrogen and oxygen atoms in total. The molecule has 0 saturated heterocycles. The van der Waals surface area contributed by atoms with Crippen LogP contribution in [0.1, 0.15) is 15.9 Å². The molecule has 0 radical (unpaired) electrons. The van der Waals surface area contributed by atoms with Crippen LogP contribution < -0.4 is 0 Å². The number of carbonyl (C=O) groups is 1. The fraction of sp³-hybridized carbons (Fsp3) is 0.125. The molecule has 0 aliphatic heterocycles. The van der Waals surface area contributed by atoms with Gasteiger partial charge in [0.2, 0.25) is 5.75 Å². The highest BCUT2D eigenvalue weighted by Crippen LogP contribution is 2.30. The maximum Gasteiger partial charge on any atom is 0.311 e. The third kappa shape index (κ3) is 1.82. The molecule has 0 bridgehead atoms. The van der Waals surface area contributed by atoms with Crippen LogP contribution in [-0.4, -0.2) is 16.3 Å². The van der Waals surface area contributed by atoms with E-state index in [9.17, 15) is 20.0 Å². The van der Waals surface area contributed by atoms with E-state index < -0.39 is 16.4 Å². The van der Waals surface area contributed by atoms with Crippen LogP contribution >= 0.6 is 11.6 Å². The van der Waals surface area contributed by atoms with Gasteiger partial charge in [-0.15, -0.1) is 11.6 Å². The normalized spacial score (nSPS) is 9.79. The number of alkyl halides is 1. The van der Waals surface area contributed by atoms with Crippen molar-refractivity contribution in [3.8, 4) is 5.75 Å². The van der Waals surface area contributed by atoms with E-state index >= 15 is 0 Å². The molecule has 0 atom stereocenters. The zero-order valence-electron chi connectivity index (χ0n) is 6.94. The molecule has 14 heavy (non-hydrogen) atoms. The van der Waals surface area contributed by atoms with Crippen molar-refractivity contribution in [2.45, 2.75) is 5.88 Å². The number of halogens is 1. The number of hydrogen-bond acceptors (Lipinski definition) is 4. The summed E-state index contributed by atoms with van der Waals surface area (Å²) >= 11 is 5.46. The predicted octanol–water partition coefficient (Wildman–Crippen LogP) is 1.85. The van der Waals surface area contributed by atoms with Gasteiger partial charge in [0, 0.05) is 11.9 Å². The number of aldehydes is 1. The standard InChI is InChI=1S/C8H6ClNO4/c9-3-5-1-6(4-11)8(12)7(2-5)10(13)14/h1-2,4,12H,3H2. The molecule has 0 aliphatic carbocycles. The molecular weight excluding hydrogens is 210 g/mol. The van der Waals surface area contributed by atoms with E-state index in [0.717, 1.165) is 6.07 Å². The average molecular weight is 216 g/mol. The Labute approximate surface area is 84.1 Å². The maximum absolute atomic E-state index is 10.4. The highest BCUT2D eigenvalue weighted by molar-refractivity contribution is 6.17. The van der Waals surface area contributed by atoms with Crippen molar-refractivity contribution in [2.75, 3.05) is 0 Å². The summed E-state index contributed by atoms with van der Waals surface area (Å²) in [4.78, 5) is 20.1. The summed E-state index contributed by atoms with van der Waals surface area (Å²) < 4.78 is 0. The van der Waals surface area contributed by atoms with Crippen molar-refractivity contribution in [3.63, 3.8) is 0 Å². The zero-order chi connectivity index (χ0) is 10.7. The molecule has 1 aromatic rings. The SMILES string of the molecule is O=Cc1cc(CCl)cc([N+](=O)[O-])c1O. The second-order valence-corrected chi connectivity index (χ2v) is 2.83. The summed E-state index contributed by atoms with van der Waals surface area (Å²) in [6.07, 6.45) is 0.346. The second kappa shape index (κ2) is 4.06. The van der Waals surface area contributed by atoms with Crippen LogP contribution in [0, 0.1) is 10.1 Å². The summed E-state index contributed by atoms with van der Waals surface area (Å²) in [6, 6.07) is 2.44. The molecule has 0 saturated carbocycles. The number of nitrogens with zero attached hydrogens (tertiary/aromatic N) is 1. The third-order valence-electron chi connectivity index (χ3n) is 1.66. The van der Waals surface area contributed by atoms with E-state index in [4.69, 9.17) is 11.6 Å². The van der Waals surface area contributed by atoms with Crippen LogP contribution in [0.2, 0.25) is 0 Å². The smallest absolute Gasteiger partial charge is 0.311 e. The summed E-state index contributed by atoms with van der Waals surface area (Å²) in [7, 11) is 0. The minimum Gasteiger partial charge on any atom is -0.502 e. The molecule has 0 unspecified atom stereocenters. The predicted molar refractivity (Wildman–Crippen MR) is 49.7 cm³/mol. The van der Waals surface area contributed by atoms with Crippen molar-refractivity contribution < 1.29 is 14.8 Å². The number of rotatable bonds is 3. The van der Waals surface area contributed by atoms with Gasteiger partial charge in [-0.3, -0.25) is 14.9 Å². The summed E-state index contributed by atoms with van der Waals surface area (Å²) in [5, 5.41) is 19.7. The number of benzene rings is 1. The van der Waals surface area contributed by atoms with Crippen LogP contribution in [0.5, 0.6) is 5.75 Å². The van der Waals surface area contributed by atoms with Crippen LogP contribution in [0.25, 0.3) is 0 Å². The highest BCUT2D eigenvalue weighted by Gasteiger charge is 2.18. The Bertz CT molecular complexity index is 391. The first-order valence-electron chi connectivity index (χ1n) is 3.61. The molecule has 0 amide bonds. The highest BCUT2D eigenvalue weighted by atomic mass is 35.5. The molecule has 0 fully saturated rings. The van der Waals surface area contributed by atoms with Crippen molar-refractivity contribution in [1.29, 1.82) is 0 Å². The number of hydrogen-bond donors (Lipinski definition) is 1. The molecule has 1 aromatic carbocycles. The van der Waals surface area contributed by atoms with Crippen molar-refractivity contribution in [1.82, 2.24) is 0 Å². The lowest BCUT2D eigenvalue weighted by Gasteiger charge is -2.01. The van der Waals surface area contributed by atoms with Gasteiger partial charge in [0.25, 0.3) is 0 Å². The van der Waals surface area contributed by atoms with Gasteiger partial charge in [-0.25, -0.2) is 0 Å². The molecule has 6 heteroatoms. The molecule has 0 spiro atoms. The van der Waals surface area contributed by atoms with E-state index in [2.05, 4.69) is 0 Å². The molecule has 74 valence electrons. The number of aromatic hydroxyl groups is 1. The summed E-state index contributed by atoms with van der Waals surface area (Å²) in [5.74, 6) is -0.582. The number of carbonyl (C=O) groups excluding carboxylic acids is 1. The second-order valence-electron chi connectivity index (χ2n) is 2.56. The van der Waals surface area contributed by atoms with E-state index in [1.807, 2.05) is 0 Å². The van der Waals surface area contributed by atoms with Crippen molar-refractivity contribution in [3.05, 3.63) is 33.4 Å². The summed E-state index contributed by atoms with van der Waals surface area (Å²) in [5.41, 5.74) is -0.224. The Morgan fingerprint density at radius 3 is 2.64 bits per heavy atom. The minimum atomic E-state index is -0.765. The molecular formula is C8H6ClNO4. The van der Waals surface area contributed by atoms with Gasteiger partial charge < -0.3 is 5.11 Å². The van der Waals surface area contributed by atoms with Crippen LogP contribution in [0.15, 0.2) is 12.1 Å². The molecule has 0 aliphatic rings. The van der Waals surface area contributed by atoms with E-state index in [-0.39, 0.29) is 11.4 Å². The quantitative estimate of drug-likeness (QED) is 0.361. The number of nitro groups is 1. The van der Waals surface area contributed by atoms with Crippen LogP contribution in [-0.2, 0) is 5.88 Å². The third-order valence-corrected chi connectivity index (χ3v) is 1.97. The largest absolute Gasteiger partial charge is 0.502 e. The molecule has 0 heterocycles. The number of nitro benzene ring substituents is 1. The monoisotopic (exact) mass is 215 g/mol. The van der Waals surface area contributed by atoms with Crippen molar-refractivity contribution in [2.24, 2.45) is 0 Å². The summed E-state index contributed by atoms with van der Waals surface area (Å²) in [6.45, 7) is 0. The Hall–Kier alpha value is -1.62. The van der Waals surface area contributed by atoms with Gasteiger partial charge in [0.15, 0.2) is 6.29 Å². The number of phenolic OH excluding ortho intramolecular Hbond substituents is 1. The minimum absolute atomic E-state index is 0.0436. The van der Waals surface area contributed by atoms with Gasteiger partial charge in [0.05, 0.1) is 10.5 Å². The van der Waals surface area contributed by atoms with Crippen molar-refractivity contribution >= 4 is 23.6 Å². The number of phenols is 1. The lowest BCUT2D eigenvalue weighted by Crippen LogP contribution is -1.94. The first-order chi connectivity index (χ1) is 6.60. The maximum atomic E-state index is 10.4. The van der Waals surface area contributed by atoms with Crippen LogP contribution in [0.3, 0.4) is 0 Å². The first kappa shape index (κ1) is 10.5. The molecule has 1 rings (SSSR count). The van der Waals surface area contributed by atoms with E-state index in [1.165, 1.54) is 6.07 Å². The Morgan fingerprint density at radius 1 is 1.57 bits per heavy atom. The first-order valence-corrected chi connectivity index (χ1v) is 4.15. The topological polar surface area (TPSA) is 80.4 Å². The van der Waals surface area contributed by atoms with Gasteiger partial charge in [-0.2, -0.15) is 0 Å².